The molecule has 0 aromatic heterocycles. The summed E-state index contributed by atoms with van der Waals surface area (Å²) in [6, 6.07) is 10.6. The molecule has 180 valence electrons. The van der Waals surface area contributed by atoms with E-state index in [-0.39, 0.29) is 22.6 Å². The highest BCUT2D eigenvalue weighted by Gasteiger charge is 2.26. The highest BCUT2D eigenvalue weighted by Crippen LogP contribution is 2.23. The Kier molecular flexibility index (Phi) is 11.6. The van der Waals surface area contributed by atoms with Gasteiger partial charge in [0.1, 0.15) is 11.8 Å². The zero-order chi connectivity index (χ0) is 24.2. The molecule has 0 aliphatic carbocycles. The van der Waals surface area contributed by atoms with Crippen molar-refractivity contribution in [2.75, 3.05) is 13.1 Å². The highest BCUT2D eigenvalue weighted by molar-refractivity contribution is 6.42. The van der Waals surface area contributed by atoms with Gasteiger partial charge in [-0.3, -0.25) is 9.59 Å². The lowest BCUT2D eigenvalue weighted by Gasteiger charge is -2.28. The maximum absolute atomic E-state index is 13.6. The second kappa shape index (κ2) is 14.1. The van der Waals surface area contributed by atoms with Crippen LogP contribution in [0.5, 0.6) is 5.75 Å². The molecule has 33 heavy (non-hydrogen) atoms. The number of aromatic hydroxyl groups is 1. The molecule has 7 heteroatoms. The first-order chi connectivity index (χ1) is 15.8. The third-order valence-electron chi connectivity index (χ3n) is 5.54. The quantitative estimate of drug-likeness (QED) is 0.324. The Bertz CT molecular complexity index is 893. The Morgan fingerprint density at radius 3 is 2.06 bits per heavy atom. The number of rotatable bonds is 13. The van der Waals surface area contributed by atoms with Gasteiger partial charge in [-0.15, -0.1) is 0 Å². The maximum Gasteiger partial charge on any atom is 0.251 e. The number of carbonyl (C=O) groups is 2. The normalized spacial score (nSPS) is 11.8. The predicted octanol–water partition coefficient (Wildman–Crippen LogP) is 6.25. The van der Waals surface area contributed by atoms with Gasteiger partial charge in [-0.05, 0) is 48.7 Å². The van der Waals surface area contributed by atoms with E-state index < -0.39 is 6.04 Å². The zero-order valence-electron chi connectivity index (χ0n) is 19.4. The molecule has 2 amide bonds. The third kappa shape index (κ3) is 8.90. The topological polar surface area (TPSA) is 69.6 Å². The second-order valence-corrected chi connectivity index (χ2v) is 9.08. The lowest BCUT2D eigenvalue weighted by Crippen LogP contribution is -2.50. The van der Waals surface area contributed by atoms with Crippen LogP contribution < -0.4 is 5.32 Å². The fraction of sp³-hybridized carbons (Fsp3) is 0.462. The van der Waals surface area contributed by atoms with Crippen LogP contribution in [0.1, 0.15) is 68.3 Å². The van der Waals surface area contributed by atoms with Gasteiger partial charge in [0.2, 0.25) is 5.91 Å². The van der Waals surface area contributed by atoms with Crippen LogP contribution in [0.3, 0.4) is 0 Å². The Morgan fingerprint density at radius 1 is 0.909 bits per heavy atom. The molecule has 0 saturated carbocycles. The molecule has 0 radical (unpaired) electrons. The van der Waals surface area contributed by atoms with E-state index in [4.69, 9.17) is 23.2 Å². The number of phenols is 1. The van der Waals surface area contributed by atoms with Crippen LogP contribution in [0.2, 0.25) is 10.0 Å². The zero-order valence-corrected chi connectivity index (χ0v) is 21.0. The van der Waals surface area contributed by atoms with Gasteiger partial charge in [-0.2, -0.15) is 0 Å². The van der Waals surface area contributed by atoms with E-state index in [1.54, 1.807) is 36.4 Å². The minimum Gasteiger partial charge on any atom is -0.508 e. The molecule has 0 fully saturated rings. The molecule has 2 aromatic rings. The lowest BCUT2D eigenvalue weighted by molar-refractivity contribution is -0.133. The van der Waals surface area contributed by atoms with Crippen LogP contribution in [0.15, 0.2) is 42.5 Å². The number of benzene rings is 2. The molecule has 2 rings (SSSR count). The van der Waals surface area contributed by atoms with E-state index in [9.17, 15) is 14.7 Å². The fourth-order valence-electron chi connectivity index (χ4n) is 3.60. The molecule has 2 aromatic carbocycles. The number of nitrogens with one attached hydrogen (secondary N) is 1. The van der Waals surface area contributed by atoms with E-state index in [1.807, 2.05) is 4.90 Å². The van der Waals surface area contributed by atoms with Gasteiger partial charge in [-0.25, -0.2) is 0 Å². The first kappa shape index (κ1) is 27.0. The van der Waals surface area contributed by atoms with Crippen molar-refractivity contribution in [2.45, 2.75) is 64.8 Å². The van der Waals surface area contributed by atoms with E-state index >= 15 is 0 Å². The number of nitrogens with zero attached hydrogens (tertiary/aromatic N) is 1. The second-order valence-electron chi connectivity index (χ2n) is 8.27. The number of unbranched alkanes of at least 4 members (excludes halogenated alkanes) is 4. The van der Waals surface area contributed by atoms with Gasteiger partial charge in [0, 0.05) is 25.1 Å². The third-order valence-corrected chi connectivity index (χ3v) is 6.28. The van der Waals surface area contributed by atoms with Crippen molar-refractivity contribution in [3.05, 3.63) is 63.6 Å². The molecule has 0 aliphatic rings. The van der Waals surface area contributed by atoms with Crippen LogP contribution >= 0.6 is 23.2 Å². The van der Waals surface area contributed by atoms with Crippen molar-refractivity contribution in [1.29, 1.82) is 0 Å². The molecule has 1 atom stereocenters. The molecule has 0 aliphatic heterocycles. The summed E-state index contributed by atoms with van der Waals surface area (Å²) < 4.78 is 0. The number of hydrogen-bond donors (Lipinski definition) is 2. The summed E-state index contributed by atoms with van der Waals surface area (Å²) >= 11 is 12.1. The van der Waals surface area contributed by atoms with Crippen LogP contribution in [0.25, 0.3) is 0 Å². The van der Waals surface area contributed by atoms with Crippen LogP contribution in [0, 0.1) is 0 Å². The van der Waals surface area contributed by atoms with Crippen molar-refractivity contribution in [3.63, 3.8) is 0 Å². The fourth-order valence-corrected chi connectivity index (χ4v) is 3.90. The number of hydrogen-bond acceptors (Lipinski definition) is 3. The summed E-state index contributed by atoms with van der Waals surface area (Å²) in [5.74, 6) is -0.321. The lowest BCUT2D eigenvalue weighted by atomic mass is 10.0. The molecule has 0 bridgehead atoms. The first-order valence-electron chi connectivity index (χ1n) is 11.7. The largest absolute Gasteiger partial charge is 0.508 e. The molecule has 0 heterocycles. The van der Waals surface area contributed by atoms with Crippen molar-refractivity contribution in [1.82, 2.24) is 10.2 Å². The highest BCUT2D eigenvalue weighted by atomic mass is 35.5. The van der Waals surface area contributed by atoms with E-state index in [1.165, 1.54) is 6.07 Å². The van der Waals surface area contributed by atoms with Crippen molar-refractivity contribution in [2.24, 2.45) is 0 Å². The van der Waals surface area contributed by atoms with Crippen molar-refractivity contribution < 1.29 is 14.7 Å². The van der Waals surface area contributed by atoms with Gasteiger partial charge in [0.25, 0.3) is 5.91 Å². The average Bonchev–Trinajstić information content (AvgIpc) is 2.80. The van der Waals surface area contributed by atoms with Crippen LogP contribution in [-0.2, 0) is 11.2 Å². The Hall–Kier alpha value is -2.24. The smallest absolute Gasteiger partial charge is 0.251 e. The van der Waals surface area contributed by atoms with Crippen LogP contribution in [0.4, 0.5) is 0 Å². The minimum absolute atomic E-state index is 0.0938. The van der Waals surface area contributed by atoms with E-state index in [0.29, 0.717) is 30.1 Å². The minimum atomic E-state index is -0.736. The Morgan fingerprint density at radius 2 is 1.52 bits per heavy atom. The average molecular weight is 493 g/mol. The van der Waals surface area contributed by atoms with Crippen molar-refractivity contribution in [3.8, 4) is 5.75 Å². The predicted molar refractivity (Wildman–Crippen MR) is 135 cm³/mol. The molecule has 5 nitrogen and oxygen atoms in total. The van der Waals surface area contributed by atoms with Gasteiger partial charge >= 0.3 is 0 Å². The van der Waals surface area contributed by atoms with E-state index in [0.717, 1.165) is 44.1 Å². The number of phenolic OH excluding ortho intramolecular Hbond substituents is 1. The Balaban J connectivity index is 2.25. The summed E-state index contributed by atoms with van der Waals surface area (Å²) in [7, 11) is 0. The maximum atomic E-state index is 13.6. The molecule has 0 saturated heterocycles. The number of amides is 2. The first-order valence-corrected chi connectivity index (χ1v) is 12.4. The summed E-state index contributed by atoms with van der Waals surface area (Å²) in [4.78, 5) is 28.5. The van der Waals surface area contributed by atoms with Crippen LogP contribution in [-0.4, -0.2) is 41.0 Å². The SMILES string of the molecule is CCCCCN(CCCCC)C(=O)[C@@H](Cc1ccc(O)cc1)NC(=O)c1ccc(Cl)c(Cl)c1. The molecule has 0 spiro atoms. The van der Waals surface area contributed by atoms with Gasteiger partial charge in [-0.1, -0.05) is 74.9 Å². The summed E-state index contributed by atoms with van der Waals surface area (Å²) in [5, 5.41) is 13.2. The summed E-state index contributed by atoms with van der Waals surface area (Å²) in [5.41, 5.74) is 1.19. The molecule has 2 N–H and O–H groups in total. The van der Waals surface area contributed by atoms with Gasteiger partial charge < -0.3 is 15.3 Å². The molecular formula is C26H34Cl2N2O3. The monoisotopic (exact) mass is 492 g/mol. The van der Waals surface area contributed by atoms with Crippen molar-refractivity contribution >= 4 is 35.0 Å². The van der Waals surface area contributed by atoms with Gasteiger partial charge in [0.15, 0.2) is 0 Å². The van der Waals surface area contributed by atoms with Gasteiger partial charge in [0.05, 0.1) is 10.0 Å². The summed E-state index contributed by atoms with van der Waals surface area (Å²) in [6.07, 6.45) is 6.43. The van der Waals surface area contributed by atoms with E-state index in [2.05, 4.69) is 19.2 Å². The number of carbonyl (C=O) groups excluding carboxylic acids is 2. The standard InChI is InChI=1S/C26H34Cl2N2O3/c1-3-5-7-15-30(16-8-6-4-2)26(33)24(17-19-9-12-21(31)13-10-19)29-25(32)20-11-14-22(27)23(28)18-20/h9-14,18,24,31H,3-8,15-17H2,1-2H3,(H,29,32)/t24-/m1/s1. The number of halogens is 2. The Labute approximate surface area is 207 Å². The molecular weight excluding hydrogens is 459 g/mol. The molecule has 0 unspecified atom stereocenters. The summed E-state index contributed by atoms with van der Waals surface area (Å²) in [6.45, 7) is 5.61.